The fraction of sp³-hybridized carbons (Fsp3) is 0. The van der Waals surface area contributed by atoms with Gasteiger partial charge in [0.05, 0.1) is 0 Å². The summed E-state index contributed by atoms with van der Waals surface area (Å²) in [6, 6.07) is 8.78. The molecule has 0 spiro atoms. The Morgan fingerprint density at radius 2 is 2.06 bits per heavy atom. The molecule has 0 aliphatic carbocycles. The maximum atomic E-state index is 11.3. The van der Waals surface area contributed by atoms with Crippen molar-refractivity contribution >= 4 is 34.2 Å². The van der Waals surface area contributed by atoms with Gasteiger partial charge in [-0.05, 0) is 24.4 Å². The Morgan fingerprint density at radius 1 is 1.33 bits per heavy atom. The fourth-order valence-electron chi connectivity index (χ4n) is 1.43. The second kappa shape index (κ2) is 4.84. The standard InChI is InChI=1S/C11H10N4O2S/c12-9(16)7-5-6-3-1-2-4-8(6)17-10(7)14-15-11(13)18/h1-5H,(H2,12,16)(H3,13,15,18)/b14-10+. The summed E-state index contributed by atoms with van der Waals surface area (Å²) in [5.41, 5.74) is 13.6. The zero-order valence-corrected chi connectivity index (χ0v) is 10.0. The van der Waals surface area contributed by atoms with Gasteiger partial charge in [-0.1, -0.05) is 18.2 Å². The van der Waals surface area contributed by atoms with Gasteiger partial charge in [0.25, 0.3) is 5.91 Å². The number of thiocarbonyl (C=S) groups is 1. The molecular weight excluding hydrogens is 252 g/mol. The molecule has 0 unspecified atom stereocenters. The number of para-hydroxylation sites is 1. The molecule has 1 aromatic heterocycles. The van der Waals surface area contributed by atoms with Crippen LogP contribution in [0.5, 0.6) is 0 Å². The topological polar surface area (TPSA) is 107 Å². The molecule has 6 nitrogen and oxygen atoms in total. The van der Waals surface area contributed by atoms with E-state index in [1.54, 1.807) is 24.3 Å². The summed E-state index contributed by atoms with van der Waals surface area (Å²) < 4.78 is 5.46. The molecule has 0 atom stereocenters. The molecule has 0 saturated heterocycles. The lowest BCUT2D eigenvalue weighted by atomic mass is 10.2. The molecule has 0 radical (unpaired) electrons. The lowest BCUT2D eigenvalue weighted by molar-refractivity contribution is 0.0996. The lowest BCUT2D eigenvalue weighted by Gasteiger charge is -2.01. The minimum atomic E-state index is -0.645. The maximum Gasteiger partial charge on any atom is 0.254 e. The molecule has 1 heterocycles. The van der Waals surface area contributed by atoms with Gasteiger partial charge in [0.2, 0.25) is 5.55 Å². The van der Waals surface area contributed by atoms with Crippen molar-refractivity contribution in [3.8, 4) is 0 Å². The van der Waals surface area contributed by atoms with E-state index in [1.165, 1.54) is 0 Å². The first-order valence-electron chi connectivity index (χ1n) is 5.00. The first-order valence-corrected chi connectivity index (χ1v) is 5.40. The minimum Gasteiger partial charge on any atom is -0.436 e. The van der Waals surface area contributed by atoms with Crippen LogP contribution in [0.3, 0.4) is 0 Å². The summed E-state index contributed by atoms with van der Waals surface area (Å²) in [6.07, 6.45) is 0. The van der Waals surface area contributed by atoms with Crippen LogP contribution in [0, 0.1) is 0 Å². The van der Waals surface area contributed by atoms with E-state index in [4.69, 9.17) is 15.9 Å². The van der Waals surface area contributed by atoms with Crippen molar-refractivity contribution < 1.29 is 9.21 Å². The molecule has 1 amide bonds. The Morgan fingerprint density at radius 3 is 2.72 bits per heavy atom. The van der Waals surface area contributed by atoms with Gasteiger partial charge in [0, 0.05) is 5.39 Å². The van der Waals surface area contributed by atoms with E-state index in [-0.39, 0.29) is 16.2 Å². The number of nitrogens with one attached hydrogen (secondary N) is 1. The quantitative estimate of drug-likeness (QED) is 0.528. The number of primary amides is 1. The SMILES string of the molecule is NC(=O)c1cc2ccccc2o/c1=N/NC(N)=S. The van der Waals surface area contributed by atoms with Crippen molar-refractivity contribution in [2.24, 2.45) is 16.6 Å². The van der Waals surface area contributed by atoms with Crippen molar-refractivity contribution in [1.82, 2.24) is 5.43 Å². The number of carbonyl (C=O) groups is 1. The Balaban J connectivity index is 2.69. The van der Waals surface area contributed by atoms with E-state index in [2.05, 4.69) is 22.7 Å². The smallest absolute Gasteiger partial charge is 0.254 e. The van der Waals surface area contributed by atoms with E-state index in [9.17, 15) is 4.79 Å². The first kappa shape index (κ1) is 12.1. The van der Waals surface area contributed by atoms with E-state index >= 15 is 0 Å². The van der Waals surface area contributed by atoms with Gasteiger partial charge in [0.1, 0.15) is 11.1 Å². The highest BCUT2D eigenvalue weighted by Crippen LogP contribution is 2.12. The van der Waals surface area contributed by atoms with Crippen LogP contribution >= 0.6 is 12.2 Å². The first-order chi connectivity index (χ1) is 8.58. The number of amides is 1. The largest absolute Gasteiger partial charge is 0.436 e. The number of fused-ring (bicyclic) bond motifs is 1. The van der Waals surface area contributed by atoms with Crippen LogP contribution in [0.15, 0.2) is 39.9 Å². The third-order valence-electron chi connectivity index (χ3n) is 2.19. The fourth-order valence-corrected chi connectivity index (χ4v) is 1.48. The molecule has 2 rings (SSSR count). The van der Waals surface area contributed by atoms with Crippen molar-refractivity contribution in [2.45, 2.75) is 0 Å². The average Bonchev–Trinajstić information content (AvgIpc) is 2.35. The molecule has 1 aromatic carbocycles. The zero-order chi connectivity index (χ0) is 13.1. The van der Waals surface area contributed by atoms with Crippen LogP contribution in [0.1, 0.15) is 10.4 Å². The van der Waals surface area contributed by atoms with Gasteiger partial charge in [-0.3, -0.25) is 10.2 Å². The van der Waals surface area contributed by atoms with Gasteiger partial charge in [0.15, 0.2) is 5.11 Å². The summed E-state index contributed by atoms with van der Waals surface area (Å²) >= 11 is 4.61. The molecular formula is C11H10N4O2S. The van der Waals surface area contributed by atoms with Gasteiger partial charge >= 0.3 is 0 Å². The monoisotopic (exact) mass is 262 g/mol. The second-order valence-electron chi connectivity index (χ2n) is 3.46. The molecule has 92 valence electrons. The Labute approximate surface area is 107 Å². The second-order valence-corrected chi connectivity index (χ2v) is 3.89. The molecule has 2 aromatic rings. The molecule has 0 fully saturated rings. The van der Waals surface area contributed by atoms with E-state index < -0.39 is 5.91 Å². The van der Waals surface area contributed by atoms with Crippen molar-refractivity contribution in [3.63, 3.8) is 0 Å². The number of rotatable bonds is 2. The molecule has 5 N–H and O–H groups in total. The summed E-state index contributed by atoms with van der Waals surface area (Å²) in [5.74, 6) is -0.645. The van der Waals surface area contributed by atoms with Gasteiger partial charge < -0.3 is 15.9 Å². The molecule has 0 bridgehead atoms. The predicted molar refractivity (Wildman–Crippen MR) is 70.2 cm³/mol. The maximum absolute atomic E-state index is 11.3. The van der Waals surface area contributed by atoms with Gasteiger partial charge in [-0.2, -0.15) is 0 Å². The van der Waals surface area contributed by atoms with Crippen LogP contribution in [0.4, 0.5) is 0 Å². The van der Waals surface area contributed by atoms with Crippen LogP contribution in [0.2, 0.25) is 0 Å². The van der Waals surface area contributed by atoms with E-state index in [1.807, 2.05) is 6.07 Å². The summed E-state index contributed by atoms with van der Waals surface area (Å²) in [7, 11) is 0. The highest BCUT2D eigenvalue weighted by molar-refractivity contribution is 7.80. The van der Waals surface area contributed by atoms with E-state index in [0.29, 0.717) is 5.58 Å². The third kappa shape index (κ3) is 2.46. The normalized spacial score (nSPS) is 11.4. The zero-order valence-electron chi connectivity index (χ0n) is 9.21. The molecule has 0 aliphatic rings. The number of carbonyl (C=O) groups excluding carboxylic acids is 1. The highest BCUT2D eigenvalue weighted by atomic mass is 32.1. The number of hydrogen-bond donors (Lipinski definition) is 3. The Kier molecular flexibility index (Phi) is 3.24. The number of hydrogen-bond acceptors (Lipinski definition) is 4. The van der Waals surface area contributed by atoms with Crippen LogP contribution in [-0.4, -0.2) is 11.0 Å². The van der Waals surface area contributed by atoms with Crippen molar-refractivity contribution in [1.29, 1.82) is 0 Å². The van der Waals surface area contributed by atoms with Crippen molar-refractivity contribution in [2.75, 3.05) is 0 Å². The highest BCUT2D eigenvalue weighted by Gasteiger charge is 2.08. The number of benzene rings is 1. The Bertz CT molecular complexity index is 693. The summed E-state index contributed by atoms with van der Waals surface area (Å²) in [4.78, 5) is 11.3. The van der Waals surface area contributed by atoms with Crippen molar-refractivity contribution in [3.05, 3.63) is 41.4 Å². The van der Waals surface area contributed by atoms with Gasteiger partial charge in [-0.25, -0.2) is 0 Å². The Hall–Kier alpha value is -2.41. The van der Waals surface area contributed by atoms with Crippen LogP contribution < -0.4 is 22.4 Å². The molecule has 0 aliphatic heterocycles. The third-order valence-corrected chi connectivity index (χ3v) is 2.28. The predicted octanol–water partition coefficient (Wildman–Crippen LogP) is 0.181. The van der Waals surface area contributed by atoms with Crippen LogP contribution in [-0.2, 0) is 0 Å². The summed E-state index contributed by atoms with van der Waals surface area (Å²) in [6.45, 7) is 0. The van der Waals surface area contributed by atoms with Gasteiger partial charge in [-0.15, -0.1) is 5.10 Å². The molecule has 7 heteroatoms. The number of nitrogens with two attached hydrogens (primary N) is 2. The number of nitrogens with zero attached hydrogens (tertiary/aromatic N) is 1. The minimum absolute atomic E-state index is 0.0335. The molecule has 0 saturated carbocycles. The van der Waals surface area contributed by atoms with E-state index in [0.717, 1.165) is 5.39 Å². The lowest BCUT2D eigenvalue weighted by Crippen LogP contribution is -2.29. The van der Waals surface area contributed by atoms with Crippen LogP contribution in [0.25, 0.3) is 11.0 Å². The summed E-state index contributed by atoms with van der Waals surface area (Å²) in [5, 5.41) is 4.51. The molecule has 18 heavy (non-hydrogen) atoms. The average molecular weight is 262 g/mol.